The maximum atomic E-state index is 11.0. The van der Waals surface area contributed by atoms with Crippen LogP contribution >= 0.6 is 0 Å². The van der Waals surface area contributed by atoms with Gasteiger partial charge in [-0.25, -0.2) is 0 Å². The first-order valence-electron chi connectivity index (χ1n) is 5.91. The van der Waals surface area contributed by atoms with Gasteiger partial charge < -0.3 is 15.7 Å². The van der Waals surface area contributed by atoms with Gasteiger partial charge in [-0.2, -0.15) is 0 Å². The van der Waals surface area contributed by atoms with Crippen LogP contribution in [0.25, 0.3) is 0 Å². The summed E-state index contributed by atoms with van der Waals surface area (Å²) in [5.41, 5.74) is 2.44. The van der Waals surface area contributed by atoms with E-state index in [-0.39, 0.29) is 18.6 Å². The summed E-state index contributed by atoms with van der Waals surface area (Å²) in [5, 5.41) is 15.4. The Morgan fingerprint density at radius 1 is 1.59 bits per heavy atom. The third kappa shape index (κ3) is 2.77. The minimum atomic E-state index is -0.162. The number of hydrogen-bond donors (Lipinski definition) is 3. The number of benzene rings is 1. The third-order valence-corrected chi connectivity index (χ3v) is 3.14. The highest BCUT2D eigenvalue weighted by Gasteiger charge is 2.24. The minimum Gasteiger partial charge on any atom is -0.394 e. The van der Waals surface area contributed by atoms with Crippen LogP contribution in [0.5, 0.6) is 0 Å². The number of aliphatic hydroxyl groups excluding tert-OH is 1. The highest BCUT2D eigenvalue weighted by molar-refractivity contribution is 5.73. The van der Waals surface area contributed by atoms with Crippen molar-refractivity contribution in [1.82, 2.24) is 5.32 Å². The fourth-order valence-electron chi connectivity index (χ4n) is 2.38. The number of anilines is 1. The molecule has 0 aromatic heterocycles. The second kappa shape index (κ2) is 5.19. The Hall–Kier alpha value is -1.55. The van der Waals surface area contributed by atoms with Crippen molar-refractivity contribution in [2.45, 2.75) is 25.3 Å². The van der Waals surface area contributed by atoms with Crippen LogP contribution in [-0.2, 0) is 4.79 Å². The average molecular weight is 234 g/mol. The van der Waals surface area contributed by atoms with Crippen molar-refractivity contribution in [3.05, 3.63) is 29.8 Å². The van der Waals surface area contributed by atoms with E-state index in [0.29, 0.717) is 5.92 Å². The summed E-state index contributed by atoms with van der Waals surface area (Å²) in [6.45, 7) is 2.33. The number of fused-ring (bicyclic) bond motifs is 1. The van der Waals surface area contributed by atoms with Gasteiger partial charge in [0, 0.05) is 25.1 Å². The molecular formula is C13H18N2O2. The molecule has 2 unspecified atom stereocenters. The van der Waals surface area contributed by atoms with E-state index < -0.39 is 0 Å². The molecule has 4 heteroatoms. The van der Waals surface area contributed by atoms with Gasteiger partial charge in [0.25, 0.3) is 0 Å². The number of amides is 1. The van der Waals surface area contributed by atoms with Gasteiger partial charge >= 0.3 is 0 Å². The Labute approximate surface area is 101 Å². The maximum absolute atomic E-state index is 11.0. The number of nitrogens with one attached hydrogen (secondary N) is 2. The van der Waals surface area contributed by atoms with E-state index >= 15 is 0 Å². The summed E-state index contributed by atoms with van der Waals surface area (Å²) in [4.78, 5) is 11.0. The molecule has 1 aromatic rings. The lowest BCUT2D eigenvalue weighted by atomic mass is 9.94. The largest absolute Gasteiger partial charge is 0.394 e. The number of para-hydroxylation sites is 1. The van der Waals surface area contributed by atoms with Gasteiger partial charge in [-0.3, -0.25) is 4.79 Å². The molecule has 92 valence electrons. The van der Waals surface area contributed by atoms with Crippen molar-refractivity contribution in [2.75, 3.05) is 18.5 Å². The van der Waals surface area contributed by atoms with Crippen LogP contribution in [0.15, 0.2) is 24.3 Å². The van der Waals surface area contributed by atoms with Gasteiger partial charge in [-0.05, 0) is 18.1 Å². The second-order valence-electron chi connectivity index (χ2n) is 4.48. The van der Waals surface area contributed by atoms with Crippen LogP contribution in [0.4, 0.5) is 5.69 Å². The molecule has 1 aromatic carbocycles. The van der Waals surface area contributed by atoms with Crippen molar-refractivity contribution >= 4 is 11.6 Å². The molecule has 3 N–H and O–H groups in total. The van der Waals surface area contributed by atoms with Crippen molar-refractivity contribution in [2.24, 2.45) is 0 Å². The predicted octanol–water partition coefficient (Wildman–Crippen LogP) is 1.08. The van der Waals surface area contributed by atoms with Gasteiger partial charge in [-0.15, -0.1) is 0 Å². The average Bonchev–Trinajstić information content (AvgIpc) is 2.71. The first-order valence-corrected chi connectivity index (χ1v) is 5.91. The summed E-state index contributed by atoms with van der Waals surface area (Å²) >= 11 is 0. The number of rotatable bonds is 4. The molecule has 1 aliphatic heterocycles. The van der Waals surface area contributed by atoms with E-state index in [1.165, 1.54) is 12.5 Å². The van der Waals surface area contributed by atoms with Crippen LogP contribution in [0, 0.1) is 0 Å². The summed E-state index contributed by atoms with van der Waals surface area (Å²) in [7, 11) is 0. The SMILES string of the molecule is CC(=O)NC(CO)CC1CNc2ccccc21. The molecule has 2 rings (SSSR count). The van der Waals surface area contributed by atoms with E-state index in [1.807, 2.05) is 12.1 Å². The number of carbonyl (C=O) groups is 1. The van der Waals surface area contributed by atoms with E-state index in [2.05, 4.69) is 22.8 Å². The van der Waals surface area contributed by atoms with E-state index in [1.54, 1.807) is 0 Å². The first kappa shape index (κ1) is 11.9. The molecule has 4 nitrogen and oxygen atoms in total. The lowest BCUT2D eigenvalue weighted by Gasteiger charge is -2.19. The quantitative estimate of drug-likeness (QED) is 0.730. The zero-order valence-corrected chi connectivity index (χ0v) is 9.94. The van der Waals surface area contributed by atoms with E-state index in [4.69, 9.17) is 0 Å². The van der Waals surface area contributed by atoms with Crippen molar-refractivity contribution in [3.8, 4) is 0 Å². The van der Waals surface area contributed by atoms with Crippen LogP contribution in [0.3, 0.4) is 0 Å². The zero-order valence-electron chi connectivity index (χ0n) is 9.94. The molecule has 1 aliphatic rings. The second-order valence-corrected chi connectivity index (χ2v) is 4.48. The van der Waals surface area contributed by atoms with Crippen molar-refractivity contribution in [1.29, 1.82) is 0 Å². The Balaban J connectivity index is 2.03. The van der Waals surface area contributed by atoms with E-state index in [0.717, 1.165) is 18.7 Å². The smallest absolute Gasteiger partial charge is 0.217 e. The Kier molecular flexibility index (Phi) is 3.64. The molecule has 0 spiro atoms. The molecule has 0 aliphatic carbocycles. The van der Waals surface area contributed by atoms with Crippen LogP contribution in [-0.4, -0.2) is 30.2 Å². The summed E-state index contributed by atoms with van der Waals surface area (Å²) in [5.74, 6) is 0.262. The number of aliphatic hydroxyl groups is 1. The normalized spacial score (nSPS) is 19.3. The molecular weight excluding hydrogens is 216 g/mol. The number of carbonyl (C=O) groups excluding carboxylic acids is 1. The fourth-order valence-corrected chi connectivity index (χ4v) is 2.38. The number of hydrogen-bond acceptors (Lipinski definition) is 3. The Morgan fingerprint density at radius 2 is 2.35 bits per heavy atom. The molecule has 0 bridgehead atoms. The molecule has 0 fully saturated rings. The highest BCUT2D eigenvalue weighted by Crippen LogP contribution is 2.33. The van der Waals surface area contributed by atoms with Gasteiger partial charge in [0.1, 0.15) is 0 Å². The Morgan fingerprint density at radius 3 is 3.06 bits per heavy atom. The van der Waals surface area contributed by atoms with Gasteiger partial charge in [0.05, 0.1) is 12.6 Å². The molecule has 1 amide bonds. The Bertz CT molecular complexity index is 406. The van der Waals surface area contributed by atoms with Gasteiger partial charge in [-0.1, -0.05) is 18.2 Å². The maximum Gasteiger partial charge on any atom is 0.217 e. The standard InChI is InChI=1S/C13H18N2O2/c1-9(17)15-11(8-16)6-10-7-14-13-5-3-2-4-12(10)13/h2-5,10-11,14,16H,6-8H2,1H3,(H,15,17). The van der Waals surface area contributed by atoms with Crippen LogP contribution in [0.2, 0.25) is 0 Å². The topological polar surface area (TPSA) is 61.4 Å². The monoisotopic (exact) mass is 234 g/mol. The summed E-state index contributed by atoms with van der Waals surface area (Å²) < 4.78 is 0. The third-order valence-electron chi connectivity index (χ3n) is 3.14. The zero-order chi connectivity index (χ0) is 12.3. The molecule has 17 heavy (non-hydrogen) atoms. The van der Waals surface area contributed by atoms with Crippen molar-refractivity contribution in [3.63, 3.8) is 0 Å². The molecule has 0 saturated heterocycles. The minimum absolute atomic E-state index is 0.0156. The molecule has 1 heterocycles. The summed E-state index contributed by atoms with van der Waals surface area (Å²) in [6, 6.07) is 8.02. The van der Waals surface area contributed by atoms with E-state index in [9.17, 15) is 9.90 Å². The van der Waals surface area contributed by atoms with Gasteiger partial charge in [0.2, 0.25) is 5.91 Å². The van der Waals surface area contributed by atoms with Crippen molar-refractivity contribution < 1.29 is 9.90 Å². The van der Waals surface area contributed by atoms with Crippen LogP contribution < -0.4 is 10.6 Å². The molecule has 0 saturated carbocycles. The molecule has 2 atom stereocenters. The summed E-state index contributed by atoms with van der Waals surface area (Å²) in [6.07, 6.45) is 0.764. The fraction of sp³-hybridized carbons (Fsp3) is 0.462. The predicted molar refractivity (Wildman–Crippen MR) is 67.0 cm³/mol. The van der Waals surface area contributed by atoms with Crippen LogP contribution in [0.1, 0.15) is 24.8 Å². The lowest BCUT2D eigenvalue weighted by Crippen LogP contribution is -2.37. The molecule has 0 radical (unpaired) electrons. The lowest BCUT2D eigenvalue weighted by molar-refractivity contribution is -0.120. The first-order chi connectivity index (χ1) is 8.20. The highest BCUT2D eigenvalue weighted by atomic mass is 16.3. The van der Waals surface area contributed by atoms with Gasteiger partial charge in [0.15, 0.2) is 0 Å².